The van der Waals surface area contributed by atoms with Gasteiger partial charge in [0.2, 0.25) is 5.75 Å². The van der Waals surface area contributed by atoms with Gasteiger partial charge in [-0.1, -0.05) is 79.9 Å². The summed E-state index contributed by atoms with van der Waals surface area (Å²) < 4.78 is 11.6. The topological polar surface area (TPSA) is 163 Å². The highest BCUT2D eigenvalue weighted by atomic mass is 16.5. The van der Waals surface area contributed by atoms with E-state index in [1.54, 1.807) is 36.4 Å². The Kier molecular flexibility index (Phi) is 10.7. The van der Waals surface area contributed by atoms with Crippen LogP contribution in [0.5, 0.6) is 34.5 Å². The number of phenols is 4. The summed E-state index contributed by atoms with van der Waals surface area (Å²) in [5, 5.41) is 54.8. The number of carbonyl (C=O) groups excluding carboxylic acids is 1. The molecular weight excluding hydrogens is 670 g/mol. The third-order valence-corrected chi connectivity index (χ3v) is 11.9. The minimum atomic E-state index is -1.00. The Balaban J connectivity index is 1.24. The number of aliphatic hydroxyl groups is 1. The van der Waals surface area contributed by atoms with E-state index >= 15 is 0 Å². The van der Waals surface area contributed by atoms with Crippen LogP contribution in [0.1, 0.15) is 91.0 Å². The predicted octanol–water partition coefficient (Wildman–Crippen LogP) is 7.61. The Morgan fingerprint density at radius 2 is 1.64 bits per heavy atom. The summed E-state index contributed by atoms with van der Waals surface area (Å²) in [5.74, 6) is -1.02. The first-order chi connectivity index (χ1) is 25.7. The minimum absolute atomic E-state index is 0.0238. The summed E-state index contributed by atoms with van der Waals surface area (Å²) in [7, 11) is 0. The molecule has 0 saturated heterocycles. The van der Waals surface area contributed by atoms with Gasteiger partial charge in [0.15, 0.2) is 23.0 Å². The largest absolute Gasteiger partial charge is 0.508 e. The summed E-state index contributed by atoms with van der Waals surface area (Å²) in [4.78, 5) is 13.6. The number of carbonyl (C=O) groups is 1. The average molecular weight is 720 g/mol. The molecule has 0 heterocycles. The molecule has 4 aliphatic carbocycles. The molecule has 0 aliphatic heterocycles. The van der Waals surface area contributed by atoms with Gasteiger partial charge in [0, 0.05) is 30.2 Å². The van der Waals surface area contributed by atoms with Gasteiger partial charge in [-0.25, -0.2) is 0 Å². The van der Waals surface area contributed by atoms with Crippen molar-refractivity contribution < 1.29 is 39.8 Å². The van der Waals surface area contributed by atoms with Crippen molar-refractivity contribution in [2.45, 2.75) is 87.7 Å². The van der Waals surface area contributed by atoms with Crippen LogP contribution >= 0.6 is 0 Å². The number of fused-ring (bicyclic) bond motifs is 2. The lowest BCUT2D eigenvalue weighted by Crippen LogP contribution is -2.46. The zero-order chi connectivity index (χ0) is 37.1. The lowest BCUT2D eigenvalue weighted by Gasteiger charge is -2.52. The molecule has 53 heavy (non-hydrogen) atoms. The standard InChI is InChI=1S/C44H49NO8/c45-26-53-39-21-27(13-17-36(39)48)12-15-32(47)23-37(49)33-16-14-29-22-35(44(18-5-2-6-19-44)30-9-3-1-4-10-30)41(33)34-24-38(50)42(51)43(40(29)34)52-25-28-8-7-11-31(46)20-28/h1,3-4,7-11,13-14,16-17,20-21,24,29,33,35,37,41,46,48-51H,2,5-6,12,15,18-19,22-23,25-26,45H2/t29-,33+,35-,37-,41-/m0/s1. The molecule has 0 amide bonds. The SMILES string of the molecule is NCOc1cc(CCC(=O)C[C@H](O)[C@H]2C=C[C@H]3C[C@H](C4(c5ccccc5)CCCCC4)[C@@H]2c2cc(O)c(O)c(OCc4cccc(O)c4)c23)ccc1O. The number of ether oxygens (including phenoxy) is 2. The summed E-state index contributed by atoms with van der Waals surface area (Å²) in [5.41, 5.74) is 9.73. The van der Waals surface area contributed by atoms with E-state index in [-0.39, 0.29) is 89.6 Å². The fourth-order valence-electron chi connectivity index (χ4n) is 9.50. The van der Waals surface area contributed by atoms with Gasteiger partial charge < -0.3 is 35.0 Å². The predicted molar refractivity (Wildman–Crippen MR) is 201 cm³/mol. The third-order valence-electron chi connectivity index (χ3n) is 11.9. The van der Waals surface area contributed by atoms with Crippen molar-refractivity contribution in [3.05, 3.63) is 119 Å². The van der Waals surface area contributed by atoms with Crippen molar-refractivity contribution in [3.8, 4) is 34.5 Å². The Bertz CT molecular complexity index is 1950. The van der Waals surface area contributed by atoms with Crippen LogP contribution in [0, 0.1) is 11.8 Å². The van der Waals surface area contributed by atoms with Crippen LogP contribution in [0.4, 0.5) is 0 Å². The molecule has 8 rings (SSSR count). The minimum Gasteiger partial charge on any atom is -0.508 e. The number of hydrogen-bond acceptors (Lipinski definition) is 9. The van der Waals surface area contributed by atoms with Crippen LogP contribution in [-0.2, 0) is 23.2 Å². The number of Topliss-reactive ketones (excluding diaryl/α,β-unsaturated/α-hetero) is 1. The van der Waals surface area contributed by atoms with E-state index in [1.807, 2.05) is 12.1 Å². The smallest absolute Gasteiger partial charge is 0.200 e. The zero-order valence-electron chi connectivity index (χ0n) is 29.9. The van der Waals surface area contributed by atoms with E-state index in [1.165, 1.54) is 11.6 Å². The van der Waals surface area contributed by atoms with Crippen LogP contribution in [0.2, 0.25) is 0 Å². The molecule has 4 aromatic carbocycles. The zero-order valence-corrected chi connectivity index (χ0v) is 29.9. The summed E-state index contributed by atoms with van der Waals surface area (Å²) >= 11 is 0. The van der Waals surface area contributed by atoms with Gasteiger partial charge in [-0.2, -0.15) is 0 Å². The first kappa shape index (κ1) is 36.4. The van der Waals surface area contributed by atoms with Crippen LogP contribution in [0.25, 0.3) is 0 Å². The molecule has 9 nitrogen and oxygen atoms in total. The van der Waals surface area contributed by atoms with Crippen LogP contribution in [-0.4, -0.2) is 44.2 Å². The number of allylic oxidation sites excluding steroid dienone is 1. The molecule has 5 atom stereocenters. The number of aliphatic hydroxyl groups excluding tert-OH is 1. The maximum atomic E-state index is 13.6. The molecule has 0 aromatic heterocycles. The summed E-state index contributed by atoms with van der Waals surface area (Å²) in [6, 6.07) is 24.0. The highest BCUT2D eigenvalue weighted by Crippen LogP contribution is 2.63. The summed E-state index contributed by atoms with van der Waals surface area (Å²) in [6.07, 6.45) is 9.79. The lowest BCUT2D eigenvalue weighted by molar-refractivity contribution is -0.121. The van der Waals surface area contributed by atoms with Crippen molar-refractivity contribution in [1.82, 2.24) is 0 Å². The molecule has 278 valence electrons. The molecule has 7 N–H and O–H groups in total. The highest BCUT2D eigenvalue weighted by Gasteiger charge is 2.53. The molecular formula is C44H49NO8. The molecule has 0 spiro atoms. The maximum Gasteiger partial charge on any atom is 0.200 e. The number of rotatable bonds is 13. The van der Waals surface area contributed by atoms with Gasteiger partial charge in [0.1, 0.15) is 24.9 Å². The van der Waals surface area contributed by atoms with Gasteiger partial charge in [-0.15, -0.1) is 0 Å². The number of hydrogen-bond donors (Lipinski definition) is 6. The second kappa shape index (κ2) is 15.5. The lowest BCUT2D eigenvalue weighted by atomic mass is 9.52. The van der Waals surface area contributed by atoms with Crippen molar-refractivity contribution in [1.29, 1.82) is 0 Å². The van der Waals surface area contributed by atoms with Crippen LogP contribution in [0.3, 0.4) is 0 Å². The van der Waals surface area contributed by atoms with Gasteiger partial charge >= 0.3 is 0 Å². The Morgan fingerprint density at radius 3 is 2.40 bits per heavy atom. The van der Waals surface area contributed by atoms with Crippen LogP contribution in [0.15, 0.2) is 91.0 Å². The van der Waals surface area contributed by atoms with E-state index in [9.17, 15) is 30.3 Å². The fraction of sp³-hybridized carbons (Fsp3) is 0.386. The second-order valence-corrected chi connectivity index (χ2v) is 15.0. The monoisotopic (exact) mass is 719 g/mol. The molecule has 1 fully saturated rings. The van der Waals surface area contributed by atoms with E-state index in [0.717, 1.165) is 55.2 Å². The fourth-order valence-corrected chi connectivity index (χ4v) is 9.50. The number of aryl methyl sites for hydroxylation is 1. The van der Waals surface area contributed by atoms with E-state index in [4.69, 9.17) is 15.2 Å². The van der Waals surface area contributed by atoms with Gasteiger partial charge in [-0.3, -0.25) is 10.5 Å². The van der Waals surface area contributed by atoms with Gasteiger partial charge in [0.05, 0.1) is 6.10 Å². The molecule has 0 unspecified atom stereocenters. The molecule has 4 aromatic rings. The van der Waals surface area contributed by atoms with E-state index < -0.39 is 12.0 Å². The summed E-state index contributed by atoms with van der Waals surface area (Å²) in [6.45, 7) is -0.0187. The Hall–Kier alpha value is -4.99. The first-order valence-electron chi connectivity index (χ1n) is 18.8. The van der Waals surface area contributed by atoms with Crippen molar-refractivity contribution in [2.24, 2.45) is 17.6 Å². The molecule has 2 bridgehead atoms. The molecule has 9 heteroatoms. The number of benzene rings is 4. The second-order valence-electron chi connectivity index (χ2n) is 15.0. The van der Waals surface area contributed by atoms with Gasteiger partial charge in [-0.05, 0) is 95.5 Å². The molecule has 1 saturated carbocycles. The number of phenolic OH excluding ortho intramolecular Hbond substituents is 4. The maximum absolute atomic E-state index is 13.6. The highest BCUT2D eigenvalue weighted by molar-refractivity contribution is 5.79. The van der Waals surface area contributed by atoms with E-state index in [2.05, 4.69) is 36.4 Å². The van der Waals surface area contributed by atoms with Gasteiger partial charge in [0.25, 0.3) is 0 Å². The van der Waals surface area contributed by atoms with E-state index in [0.29, 0.717) is 12.0 Å². The third kappa shape index (κ3) is 7.33. The normalized spacial score (nSPS) is 22.1. The quantitative estimate of drug-likeness (QED) is 0.0464. The first-order valence-corrected chi connectivity index (χ1v) is 18.8. The molecule has 4 aliphatic rings. The van der Waals surface area contributed by atoms with Crippen molar-refractivity contribution >= 4 is 5.78 Å². The number of nitrogens with two attached hydrogens (primary N) is 1. The van der Waals surface area contributed by atoms with Crippen molar-refractivity contribution in [3.63, 3.8) is 0 Å². The Labute approximate surface area is 310 Å². The average Bonchev–Trinajstić information content (AvgIpc) is 3.46. The Morgan fingerprint density at radius 1 is 0.849 bits per heavy atom. The van der Waals surface area contributed by atoms with Crippen LogP contribution < -0.4 is 15.2 Å². The van der Waals surface area contributed by atoms with Crippen molar-refractivity contribution in [2.75, 3.05) is 6.73 Å². The molecule has 0 radical (unpaired) electrons. The number of aromatic hydroxyl groups is 4. The number of ketones is 1.